The molecule has 0 amide bonds. The van der Waals surface area contributed by atoms with Gasteiger partial charge in [0.1, 0.15) is 0 Å². The third kappa shape index (κ3) is 4.21. The Morgan fingerprint density at radius 3 is 2.73 bits per heavy atom. The predicted molar refractivity (Wildman–Crippen MR) is 95.9 cm³/mol. The molecule has 0 spiro atoms. The third-order valence-corrected chi connectivity index (χ3v) is 6.30. The van der Waals surface area contributed by atoms with E-state index in [4.69, 9.17) is 23.2 Å². The first-order chi connectivity index (χ1) is 10.7. The van der Waals surface area contributed by atoms with E-state index in [0.717, 1.165) is 16.8 Å². The highest BCUT2D eigenvalue weighted by molar-refractivity contribution is 8.00. The van der Waals surface area contributed by atoms with Crippen molar-refractivity contribution in [1.82, 2.24) is 9.55 Å². The molecule has 1 heterocycles. The van der Waals surface area contributed by atoms with Crippen LogP contribution in [0.1, 0.15) is 42.9 Å². The van der Waals surface area contributed by atoms with Gasteiger partial charge in [-0.25, -0.2) is 4.98 Å². The molecule has 0 radical (unpaired) electrons. The van der Waals surface area contributed by atoms with Crippen LogP contribution in [0.2, 0.25) is 10.0 Å². The number of hydrogen-bond donors (Lipinski definition) is 0. The Morgan fingerprint density at radius 1 is 1.23 bits per heavy atom. The normalized spacial score (nSPS) is 17.5. The molecular formula is C17H20Cl2N2S. The van der Waals surface area contributed by atoms with Gasteiger partial charge in [0.2, 0.25) is 0 Å². The third-order valence-electron chi connectivity index (χ3n) is 4.15. The first kappa shape index (κ1) is 16.2. The molecule has 1 atom stereocenters. The molecule has 5 heteroatoms. The summed E-state index contributed by atoms with van der Waals surface area (Å²) < 4.78 is 2.13. The number of rotatable bonds is 5. The monoisotopic (exact) mass is 354 g/mol. The number of benzene rings is 1. The Balaban J connectivity index is 1.80. The van der Waals surface area contributed by atoms with Crippen LogP contribution in [-0.2, 0) is 6.54 Å². The summed E-state index contributed by atoms with van der Waals surface area (Å²) in [4.78, 5) is 4.15. The molecule has 22 heavy (non-hydrogen) atoms. The van der Waals surface area contributed by atoms with Crippen molar-refractivity contribution in [1.29, 1.82) is 0 Å². The van der Waals surface area contributed by atoms with E-state index in [1.807, 2.05) is 30.9 Å². The molecule has 2 nitrogen and oxygen atoms in total. The summed E-state index contributed by atoms with van der Waals surface area (Å²) in [5, 5.41) is 2.52. The smallest absolute Gasteiger partial charge is 0.0946 e. The Morgan fingerprint density at radius 2 is 2.05 bits per heavy atom. The molecule has 0 saturated heterocycles. The van der Waals surface area contributed by atoms with Crippen LogP contribution in [0.15, 0.2) is 36.9 Å². The van der Waals surface area contributed by atoms with Gasteiger partial charge in [-0.2, -0.15) is 0 Å². The maximum absolute atomic E-state index is 6.46. The summed E-state index contributed by atoms with van der Waals surface area (Å²) in [6.45, 7) is 0.891. The van der Waals surface area contributed by atoms with Crippen LogP contribution < -0.4 is 0 Å². The molecule has 1 aromatic carbocycles. The lowest BCUT2D eigenvalue weighted by Crippen LogP contribution is -2.14. The molecule has 1 fully saturated rings. The average molecular weight is 355 g/mol. The van der Waals surface area contributed by atoms with E-state index in [1.165, 1.54) is 37.7 Å². The zero-order chi connectivity index (χ0) is 15.4. The van der Waals surface area contributed by atoms with Gasteiger partial charge in [-0.3, -0.25) is 0 Å². The fourth-order valence-electron chi connectivity index (χ4n) is 3.00. The van der Waals surface area contributed by atoms with Gasteiger partial charge < -0.3 is 4.57 Å². The van der Waals surface area contributed by atoms with E-state index in [1.54, 1.807) is 0 Å². The van der Waals surface area contributed by atoms with Gasteiger partial charge in [-0.05, 0) is 30.5 Å². The molecule has 0 bridgehead atoms. The first-order valence-electron chi connectivity index (χ1n) is 7.78. The largest absolute Gasteiger partial charge is 0.336 e. The molecule has 1 aromatic heterocycles. The van der Waals surface area contributed by atoms with Crippen molar-refractivity contribution in [3.05, 3.63) is 52.5 Å². The lowest BCUT2D eigenvalue weighted by Gasteiger charge is -2.27. The maximum Gasteiger partial charge on any atom is 0.0946 e. The van der Waals surface area contributed by atoms with Crippen LogP contribution >= 0.6 is 35.0 Å². The zero-order valence-corrected chi connectivity index (χ0v) is 14.7. The van der Waals surface area contributed by atoms with Gasteiger partial charge >= 0.3 is 0 Å². The summed E-state index contributed by atoms with van der Waals surface area (Å²) in [6.07, 6.45) is 12.4. The zero-order valence-electron chi connectivity index (χ0n) is 12.4. The number of hydrogen-bond acceptors (Lipinski definition) is 2. The van der Waals surface area contributed by atoms with Crippen molar-refractivity contribution in [2.45, 2.75) is 49.1 Å². The van der Waals surface area contributed by atoms with Crippen LogP contribution in [0.3, 0.4) is 0 Å². The Bertz CT molecular complexity index is 595. The minimum Gasteiger partial charge on any atom is -0.336 e. The molecule has 0 aliphatic heterocycles. The van der Waals surface area contributed by atoms with Crippen molar-refractivity contribution >= 4 is 35.0 Å². The van der Waals surface area contributed by atoms with Crippen molar-refractivity contribution < 1.29 is 0 Å². The van der Waals surface area contributed by atoms with Crippen molar-refractivity contribution in [2.24, 2.45) is 0 Å². The minimum absolute atomic E-state index is 0.335. The molecule has 1 aliphatic rings. The highest BCUT2D eigenvalue weighted by Gasteiger charge is 2.23. The average Bonchev–Trinajstić information content (AvgIpc) is 3.01. The Labute approximate surface area is 146 Å². The van der Waals surface area contributed by atoms with Gasteiger partial charge in [-0.15, -0.1) is 11.8 Å². The molecule has 1 unspecified atom stereocenters. The van der Waals surface area contributed by atoms with Gasteiger partial charge in [0, 0.05) is 39.5 Å². The highest BCUT2D eigenvalue weighted by Crippen LogP contribution is 2.42. The maximum atomic E-state index is 6.46. The van der Waals surface area contributed by atoms with Crippen LogP contribution in [0.5, 0.6) is 0 Å². The van der Waals surface area contributed by atoms with Crippen LogP contribution in [0.4, 0.5) is 0 Å². The highest BCUT2D eigenvalue weighted by atomic mass is 35.5. The van der Waals surface area contributed by atoms with Crippen LogP contribution in [0.25, 0.3) is 0 Å². The number of thioether (sulfide) groups is 1. The summed E-state index contributed by atoms with van der Waals surface area (Å²) >= 11 is 14.6. The molecule has 0 N–H and O–H groups in total. The number of halogens is 2. The number of nitrogens with zero attached hydrogens (tertiary/aromatic N) is 2. The standard InChI is InChI=1S/C17H20Cl2N2S/c18-13-6-7-15(16(19)10-13)17(11-21-9-8-20-12-21)22-14-4-2-1-3-5-14/h6-10,12,14,17H,1-5,11H2. The fraction of sp³-hybridized carbons (Fsp3) is 0.471. The van der Waals surface area contributed by atoms with E-state index >= 15 is 0 Å². The van der Waals surface area contributed by atoms with E-state index in [-0.39, 0.29) is 0 Å². The van der Waals surface area contributed by atoms with E-state index in [0.29, 0.717) is 10.3 Å². The molecule has 3 rings (SSSR count). The van der Waals surface area contributed by atoms with Crippen LogP contribution in [0, 0.1) is 0 Å². The molecule has 2 aromatic rings. The van der Waals surface area contributed by atoms with Gasteiger partial charge in [0.25, 0.3) is 0 Å². The summed E-state index contributed by atoms with van der Waals surface area (Å²) in [7, 11) is 0. The second-order valence-electron chi connectivity index (χ2n) is 5.81. The first-order valence-corrected chi connectivity index (χ1v) is 9.48. The van der Waals surface area contributed by atoms with E-state index in [2.05, 4.69) is 27.4 Å². The Hall–Kier alpha value is -0.640. The molecular weight excluding hydrogens is 335 g/mol. The molecule has 1 aliphatic carbocycles. The summed E-state index contributed by atoms with van der Waals surface area (Å²) in [5.41, 5.74) is 1.18. The number of aromatic nitrogens is 2. The van der Waals surface area contributed by atoms with Crippen molar-refractivity contribution in [3.8, 4) is 0 Å². The second-order valence-corrected chi connectivity index (χ2v) is 8.16. The van der Waals surface area contributed by atoms with Gasteiger partial charge in [0.05, 0.1) is 6.33 Å². The topological polar surface area (TPSA) is 17.8 Å². The Kier molecular flexibility index (Phi) is 5.72. The minimum atomic E-state index is 0.335. The number of imidazole rings is 1. The fourth-order valence-corrected chi connectivity index (χ4v) is 5.28. The summed E-state index contributed by atoms with van der Waals surface area (Å²) in [5.74, 6) is 0. The van der Waals surface area contributed by atoms with Gasteiger partial charge in [0.15, 0.2) is 0 Å². The second kappa shape index (κ2) is 7.76. The predicted octanol–water partition coefficient (Wildman–Crippen LogP) is 6.00. The summed E-state index contributed by atoms with van der Waals surface area (Å²) in [6, 6.07) is 5.86. The van der Waals surface area contributed by atoms with E-state index in [9.17, 15) is 0 Å². The molecule has 1 saturated carbocycles. The quantitative estimate of drug-likeness (QED) is 0.655. The van der Waals surface area contributed by atoms with Crippen LogP contribution in [-0.4, -0.2) is 14.8 Å². The molecule has 118 valence electrons. The SMILES string of the molecule is Clc1ccc(C(Cn2ccnc2)SC2CCCCC2)c(Cl)c1. The lowest BCUT2D eigenvalue weighted by atomic mass is 10.0. The van der Waals surface area contributed by atoms with E-state index < -0.39 is 0 Å². The van der Waals surface area contributed by atoms with Gasteiger partial charge in [-0.1, -0.05) is 48.5 Å². The van der Waals surface area contributed by atoms with Crippen molar-refractivity contribution in [3.63, 3.8) is 0 Å². The van der Waals surface area contributed by atoms with Crippen molar-refractivity contribution in [2.75, 3.05) is 0 Å². The lowest BCUT2D eigenvalue weighted by molar-refractivity contribution is 0.513.